The monoisotopic (exact) mass is 1210 g/mol. The van der Waals surface area contributed by atoms with Crippen LogP contribution in [0.3, 0.4) is 0 Å². The summed E-state index contributed by atoms with van der Waals surface area (Å²) in [5.41, 5.74) is 9.10. The number of halogens is 3. The van der Waals surface area contributed by atoms with E-state index in [4.69, 9.17) is 39.5 Å². The third kappa shape index (κ3) is 17.1. The van der Waals surface area contributed by atoms with Crippen LogP contribution >= 0.6 is 114 Å². The summed E-state index contributed by atoms with van der Waals surface area (Å²) >= 11 is 29.7. The number of aryl methyl sites for hydroxylation is 11. The highest BCUT2D eigenvalue weighted by Crippen LogP contribution is 2.31. The smallest absolute Gasteiger partial charge is 0.120 e. The minimum Gasteiger partial charge on any atom is -0.494 e. The van der Waals surface area contributed by atoms with E-state index in [-0.39, 0.29) is 0 Å². The van der Waals surface area contributed by atoms with E-state index in [1.54, 1.807) is 61.6 Å². The van der Waals surface area contributed by atoms with Crippen LogP contribution in [0, 0.1) is 48.5 Å². The number of rotatable bonds is 3. The summed E-state index contributed by atoms with van der Waals surface area (Å²) in [6.45, 7) is 16.9. The van der Waals surface area contributed by atoms with Gasteiger partial charge in [-0.1, -0.05) is 71.2 Å². The van der Waals surface area contributed by atoms with Crippen LogP contribution in [0.2, 0.25) is 15.1 Å². The third-order valence-electron chi connectivity index (χ3n) is 11.5. The predicted molar refractivity (Wildman–Crippen MR) is 338 cm³/mol. The van der Waals surface area contributed by atoms with Gasteiger partial charge in [0.1, 0.15) is 11.3 Å². The van der Waals surface area contributed by atoms with Gasteiger partial charge in [0.25, 0.3) is 0 Å². The molecule has 0 bridgehead atoms. The van der Waals surface area contributed by atoms with Crippen molar-refractivity contribution in [3.8, 4) is 17.0 Å². The van der Waals surface area contributed by atoms with Crippen molar-refractivity contribution in [1.82, 2.24) is 34.9 Å². The molecule has 0 aliphatic heterocycles. The Bertz CT molecular complexity index is 3690. The van der Waals surface area contributed by atoms with Crippen LogP contribution in [0.25, 0.3) is 52.1 Å². The largest absolute Gasteiger partial charge is 0.494 e. The first-order chi connectivity index (χ1) is 37.2. The summed E-state index contributed by atoms with van der Waals surface area (Å²) in [4.78, 5) is 33.7. The molecule has 7 aromatic heterocycles. The minimum atomic E-state index is 0.712. The lowest BCUT2D eigenvalue weighted by molar-refractivity contribution is 0.341. The van der Waals surface area contributed by atoms with Gasteiger partial charge in [0.05, 0.1) is 99.1 Å². The Morgan fingerprint density at radius 1 is 0.442 bits per heavy atom. The van der Waals surface area contributed by atoms with Gasteiger partial charge in [-0.15, -0.1) is 79.4 Å². The summed E-state index contributed by atoms with van der Waals surface area (Å²) in [5, 5.41) is 12.3. The number of fused-ring (bicyclic) bond motifs is 6. The molecular weight excluding hydrogens is 1150 g/mol. The van der Waals surface area contributed by atoms with Gasteiger partial charge in [-0.05, 0) is 167 Å². The fourth-order valence-electron chi connectivity index (χ4n) is 8.24. The molecule has 77 heavy (non-hydrogen) atoms. The highest BCUT2D eigenvalue weighted by atomic mass is 35.5. The van der Waals surface area contributed by atoms with Crippen LogP contribution in [0.1, 0.15) is 82.4 Å². The van der Waals surface area contributed by atoms with Gasteiger partial charge in [-0.3, -0.25) is 0 Å². The van der Waals surface area contributed by atoms with Gasteiger partial charge in [-0.25, -0.2) is 34.9 Å². The van der Waals surface area contributed by atoms with Crippen molar-refractivity contribution in [2.24, 2.45) is 0 Å². The number of ether oxygens (including phenoxy) is 1. The maximum atomic E-state index is 5.91. The lowest BCUT2D eigenvalue weighted by atomic mass is 10.0. The van der Waals surface area contributed by atoms with Crippen molar-refractivity contribution in [2.75, 3.05) is 6.61 Å². The SMILES string of the molecule is CCOc1ccc2nc(C)sc2c1.Cc1nc(-c2ccccc2)cs1.Cc1nc2c(Cl)cccc2s1.Cc1nc2c(s1)CCC2.Cc1nc2c(s1)CCCC2.Cc1nc2ccc(Cl)cc2s1.Cc1nc2ccc(Cl)cc2s1. The second kappa shape index (κ2) is 28.4. The zero-order valence-corrected chi connectivity index (χ0v) is 52.1. The summed E-state index contributed by atoms with van der Waals surface area (Å²) in [6.07, 6.45) is 9.04. The predicted octanol–water partition coefficient (Wildman–Crippen LogP) is 20.2. The quantitative estimate of drug-likeness (QED) is 0.172. The Hall–Kier alpha value is -4.78. The first-order valence-corrected chi connectivity index (χ1v) is 32.0. The van der Waals surface area contributed by atoms with E-state index >= 15 is 0 Å². The summed E-state index contributed by atoms with van der Waals surface area (Å²) in [7, 11) is 0. The zero-order valence-electron chi connectivity index (χ0n) is 44.1. The Morgan fingerprint density at radius 2 is 0.935 bits per heavy atom. The highest BCUT2D eigenvalue weighted by molar-refractivity contribution is 7.19. The van der Waals surface area contributed by atoms with Crippen LogP contribution in [0.15, 0.2) is 109 Å². The van der Waals surface area contributed by atoms with Crippen molar-refractivity contribution < 1.29 is 4.74 Å². The average molecular weight is 1210 g/mol. The van der Waals surface area contributed by atoms with Gasteiger partial charge in [0, 0.05) is 30.7 Å². The summed E-state index contributed by atoms with van der Waals surface area (Å²) < 4.78 is 10.1. The van der Waals surface area contributed by atoms with E-state index < -0.39 is 0 Å². The van der Waals surface area contributed by atoms with E-state index in [0.29, 0.717) is 6.61 Å². The maximum Gasteiger partial charge on any atom is 0.120 e. The Morgan fingerprint density at radius 3 is 1.47 bits per heavy atom. The van der Waals surface area contributed by atoms with Gasteiger partial charge in [-0.2, -0.15) is 0 Å². The number of thiazole rings is 7. The second-order valence-corrected chi connectivity index (χ2v) is 27.5. The molecule has 0 N–H and O–H groups in total. The van der Waals surface area contributed by atoms with Crippen LogP contribution < -0.4 is 4.74 Å². The van der Waals surface area contributed by atoms with Crippen LogP contribution in [0.4, 0.5) is 0 Å². The number of para-hydroxylation sites is 1. The van der Waals surface area contributed by atoms with E-state index in [1.165, 1.54) is 81.5 Å². The molecule has 0 amide bonds. The van der Waals surface area contributed by atoms with Gasteiger partial charge in [0.15, 0.2) is 0 Å². The van der Waals surface area contributed by atoms with E-state index in [1.807, 2.05) is 155 Å². The third-order valence-corrected chi connectivity index (χ3v) is 18.9. The van der Waals surface area contributed by atoms with Crippen molar-refractivity contribution in [2.45, 2.75) is 100 Å². The molecule has 0 atom stereocenters. The van der Waals surface area contributed by atoms with Gasteiger partial charge in [0.2, 0.25) is 0 Å². The molecule has 0 saturated carbocycles. The molecule has 18 heteroatoms. The van der Waals surface area contributed by atoms with Crippen molar-refractivity contribution >= 4 is 155 Å². The number of benzene rings is 5. The minimum absolute atomic E-state index is 0.712. The summed E-state index contributed by atoms with van der Waals surface area (Å²) in [5.74, 6) is 0.929. The van der Waals surface area contributed by atoms with Crippen LogP contribution in [-0.2, 0) is 25.7 Å². The van der Waals surface area contributed by atoms with E-state index in [0.717, 1.165) is 87.7 Å². The fraction of sp³-hybridized carbons (Fsp3) is 0.271. The number of hydrogen-bond donors (Lipinski definition) is 0. The molecule has 0 saturated heterocycles. The first-order valence-electron chi connectivity index (χ1n) is 25.1. The molecule has 12 aromatic rings. The Labute approximate surface area is 493 Å². The van der Waals surface area contributed by atoms with Crippen molar-refractivity contribution in [3.63, 3.8) is 0 Å². The molecule has 14 rings (SSSR count). The second-order valence-electron chi connectivity index (χ2n) is 17.7. The molecule has 7 heterocycles. The Kier molecular flexibility index (Phi) is 21.5. The lowest BCUT2D eigenvalue weighted by Gasteiger charge is -2.06. The molecule has 8 nitrogen and oxygen atoms in total. The molecule has 0 fully saturated rings. The fourth-order valence-corrected chi connectivity index (χ4v) is 15.1. The lowest BCUT2D eigenvalue weighted by Crippen LogP contribution is -1.98. The topological polar surface area (TPSA) is 99.5 Å². The molecule has 0 spiro atoms. The Balaban J connectivity index is 0.000000119. The maximum absolute atomic E-state index is 5.91. The van der Waals surface area contributed by atoms with E-state index in [9.17, 15) is 0 Å². The summed E-state index contributed by atoms with van der Waals surface area (Å²) in [6, 6.07) is 33.6. The normalized spacial score (nSPS) is 12.0. The van der Waals surface area contributed by atoms with Crippen molar-refractivity contribution in [1.29, 1.82) is 0 Å². The average Bonchev–Trinajstić information content (AvgIpc) is 4.29. The van der Waals surface area contributed by atoms with Crippen LogP contribution in [-0.4, -0.2) is 41.5 Å². The van der Waals surface area contributed by atoms with Gasteiger partial charge < -0.3 is 4.74 Å². The number of hydrogen-bond acceptors (Lipinski definition) is 15. The molecular formula is C59H58Cl3N7OS7. The molecule has 5 aromatic carbocycles. The standard InChI is InChI=1S/C10H11NOS.C10H9NS.3C8H6ClNS.C8H11NS.C7H9NS/c1-3-12-8-4-5-9-10(6-8)13-7(2)11-9;1-8-11-10(7-12-8)9-5-3-2-4-6-9;2*1-5-10-7-3-2-6(9)4-8(7)11-5;1-5-10-8-6(9)3-2-4-7(8)11-5;1-6-9-7-4-2-3-5-8(7)10-6;1-5-8-6-3-2-4-7(6)9-5/h4-6H,3H2,1-2H3;2-7H,1H3;3*2-4H,1H3;2-5H2,1H3;2-4H2,1H3. The molecule has 2 aliphatic rings. The first kappa shape index (κ1) is 58.4. The molecule has 2 aliphatic carbocycles. The zero-order chi connectivity index (χ0) is 54.4. The van der Waals surface area contributed by atoms with Crippen molar-refractivity contribution in [3.05, 3.63) is 180 Å². The van der Waals surface area contributed by atoms with Crippen LogP contribution in [0.5, 0.6) is 5.75 Å². The van der Waals surface area contributed by atoms with Gasteiger partial charge >= 0.3 is 0 Å². The molecule has 0 radical (unpaired) electrons. The molecule has 398 valence electrons. The molecule has 0 unspecified atom stereocenters. The van der Waals surface area contributed by atoms with E-state index in [2.05, 4.69) is 66.2 Å². The number of aromatic nitrogens is 7. The number of nitrogens with zero attached hydrogens (tertiary/aromatic N) is 7. The highest BCUT2D eigenvalue weighted by Gasteiger charge is 2.15.